The smallest absolute Gasteiger partial charge is 0.201 e. The number of ether oxygens (including phenoxy) is 2. The maximum atomic E-state index is 14.6. The molecule has 2 nitrogen and oxygen atoms in total. The quantitative estimate of drug-likeness (QED) is 0.273. The van der Waals surface area contributed by atoms with E-state index < -0.39 is 11.6 Å². The molecule has 33 heavy (non-hydrogen) atoms. The van der Waals surface area contributed by atoms with E-state index in [0.717, 1.165) is 34.4 Å². The van der Waals surface area contributed by atoms with Gasteiger partial charge in [0.2, 0.25) is 5.82 Å². The monoisotopic (exact) mass is 444 g/mol. The molecule has 0 saturated carbocycles. The lowest BCUT2D eigenvalue weighted by Crippen LogP contribution is -2.00. The summed E-state index contributed by atoms with van der Waals surface area (Å²) >= 11 is 0. The Kier molecular flexibility index (Phi) is 7.04. The number of hydrogen-bond acceptors (Lipinski definition) is 2. The minimum atomic E-state index is -0.949. The molecule has 4 aromatic rings. The van der Waals surface area contributed by atoms with Crippen LogP contribution in [0.15, 0.2) is 84.9 Å². The third kappa shape index (κ3) is 5.06. The first-order valence-corrected chi connectivity index (χ1v) is 11.2. The van der Waals surface area contributed by atoms with E-state index in [1.54, 1.807) is 18.2 Å². The second-order valence-corrected chi connectivity index (χ2v) is 7.70. The van der Waals surface area contributed by atoms with Gasteiger partial charge in [-0.25, -0.2) is 4.39 Å². The van der Waals surface area contributed by atoms with Crippen LogP contribution in [0.3, 0.4) is 0 Å². The van der Waals surface area contributed by atoms with Gasteiger partial charge in [-0.15, -0.1) is 0 Å². The van der Waals surface area contributed by atoms with Crippen molar-refractivity contribution in [2.45, 2.75) is 20.3 Å². The summed E-state index contributed by atoms with van der Waals surface area (Å²) < 4.78 is 39.7. The molecule has 4 rings (SSSR count). The summed E-state index contributed by atoms with van der Waals surface area (Å²) in [7, 11) is 0. The van der Waals surface area contributed by atoms with Gasteiger partial charge in [-0.1, -0.05) is 67.6 Å². The van der Waals surface area contributed by atoms with Crippen molar-refractivity contribution in [3.05, 3.63) is 96.6 Å². The Bertz CT molecular complexity index is 1200. The highest BCUT2D eigenvalue weighted by Gasteiger charge is 2.16. The zero-order valence-electron chi connectivity index (χ0n) is 18.8. The molecule has 0 atom stereocenters. The summed E-state index contributed by atoms with van der Waals surface area (Å²) in [6, 6.07) is 26.8. The summed E-state index contributed by atoms with van der Waals surface area (Å²) in [5.41, 5.74) is 5.11. The van der Waals surface area contributed by atoms with Crippen molar-refractivity contribution in [2.24, 2.45) is 0 Å². The summed E-state index contributed by atoms with van der Waals surface area (Å²) in [5, 5.41) is 0. The second-order valence-electron chi connectivity index (χ2n) is 7.70. The average Bonchev–Trinajstić information content (AvgIpc) is 2.86. The van der Waals surface area contributed by atoms with Crippen molar-refractivity contribution in [3.63, 3.8) is 0 Å². The van der Waals surface area contributed by atoms with Gasteiger partial charge in [-0.3, -0.25) is 0 Å². The molecule has 168 valence electrons. The Hall–Kier alpha value is -3.66. The Labute approximate surface area is 193 Å². The van der Waals surface area contributed by atoms with Crippen molar-refractivity contribution in [3.8, 4) is 44.9 Å². The zero-order chi connectivity index (χ0) is 23.2. The normalized spacial score (nSPS) is 10.8. The van der Waals surface area contributed by atoms with Crippen LogP contribution in [0.5, 0.6) is 11.5 Å². The molecule has 0 aliphatic heterocycles. The topological polar surface area (TPSA) is 18.5 Å². The molecule has 0 heterocycles. The molecule has 0 N–H and O–H groups in total. The molecule has 0 aromatic heterocycles. The molecule has 0 radical (unpaired) electrons. The van der Waals surface area contributed by atoms with Crippen LogP contribution in [-0.4, -0.2) is 13.2 Å². The molecule has 0 saturated heterocycles. The summed E-state index contributed by atoms with van der Waals surface area (Å²) in [5.74, 6) is -1.04. The number of hydrogen-bond donors (Lipinski definition) is 0. The van der Waals surface area contributed by atoms with Crippen LogP contribution in [0.4, 0.5) is 8.78 Å². The highest BCUT2D eigenvalue weighted by molar-refractivity contribution is 5.73. The van der Waals surface area contributed by atoms with E-state index in [1.165, 1.54) is 6.07 Å². The first-order chi connectivity index (χ1) is 16.1. The zero-order valence-corrected chi connectivity index (χ0v) is 18.8. The molecule has 0 unspecified atom stereocenters. The highest BCUT2D eigenvalue weighted by Crippen LogP contribution is 2.32. The maximum Gasteiger partial charge on any atom is 0.201 e. The maximum absolute atomic E-state index is 14.6. The molecule has 0 bridgehead atoms. The van der Waals surface area contributed by atoms with E-state index in [2.05, 4.69) is 24.3 Å². The Morgan fingerprint density at radius 3 is 1.52 bits per heavy atom. The van der Waals surface area contributed by atoms with Gasteiger partial charge in [-0.2, -0.15) is 4.39 Å². The van der Waals surface area contributed by atoms with E-state index in [4.69, 9.17) is 9.47 Å². The third-order valence-electron chi connectivity index (χ3n) is 5.42. The molecule has 4 aromatic carbocycles. The molecular weight excluding hydrogens is 418 g/mol. The van der Waals surface area contributed by atoms with Crippen LogP contribution in [0.2, 0.25) is 0 Å². The van der Waals surface area contributed by atoms with Gasteiger partial charge in [-0.05, 0) is 65.4 Å². The highest BCUT2D eigenvalue weighted by atomic mass is 19.2. The van der Waals surface area contributed by atoms with E-state index in [0.29, 0.717) is 18.8 Å². The number of rotatable bonds is 8. The summed E-state index contributed by atoms with van der Waals surface area (Å²) in [4.78, 5) is 0. The molecule has 0 spiro atoms. The van der Waals surface area contributed by atoms with Crippen LogP contribution in [-0.2, 0) is 0 Å². The second kappa shape index (κ2) is 10.3. The predicted octanol–water partition coefficient (Wildman–Crippen LogP) is 8.15. The largest absolute Gasteiger partial charge is 0.494 e. The van der Waals surface area contributed by atoms with Gasteiger partial charge in [0.25, 0.3) is 0 Å². The van der Waals surface area contributed by atoms with Crippen LogP contribution in [0.25, 0.3) is 33.4 Å². The van der Waals surface area contributed by atoms with Crippen LogP contribution >= 0.6 is 0 Å². The van der Waals surface area contributed by atoms with Gasteiger partial charge >= 0.3 is 0 Å². The molecule has 0 aliphatic carbocycles. The lowest BCUT2D eigenvalue weighted by molar-refractivity contribution is 0.295. The van der Waals surface area contributed by atoms with Crippen molar-refractivity contribution in [1.82, 2.24) is 0 Å². The molecule has 0 aliphatic rings. The minimum absolute atomic E-state index is 0.0534. The van der Waals surface area contributed by atoms with E-state index in [-0.39, 0.29) is 11.3 Å². The van der Waals surface area contributed by atoms with Gasteiger partial charge < -0.3 is 9.47 Å². The molecule has 0 fully saturated rings. The number of halogens is 2. The van der Waals surface area contributed by atoms with Crippen molar-refractivity contribution in [1.29, 1.82) is 0 Å². The van der Waals surface area contributed by atoms with Gasteiger partial charge in [0.05, 0.1) is 13.2 Å². The first kappa shape index (κ1) is 22.5. The lowest BCUT2D eigenvalue weighted by atomic mass is 9.98. The van der Waals surface area contributed by atoms with Crippen molar-refractivity contribution >= 4 is 0 Å². The molecule has 0 amide bonds. The summed E-state index contributed by atoms with van der Waals surface area (Å²) in [6.07, 6.45) is 0.728. The van der Waals surface area contributed by atoms with Gasteiger partial charge in [0.15, 0.2) is 11.6 Å². The third-order valence-corrected chi connectivity index (χ3v) is 5.42. The predicted molar refractivity (Wildman–Crippen MR) is 130 cm³/mol. The van der Waals surface area contributed by atoms with Crippen LogP contribution < -0.4 is 9.47 Å². The first-order valence-electron chi connectivity index (χ1n) is 11.2. The molecular formula is C29H26F2O2. The van der Waals surface area contributed by atoms with Crippen LogP contribution in [0.1, 0.15) is 20.3 Å². The van der Waals surface area contributed by atoms with Gasteiger partial charge in [0.1, 0.15) is 5.75 Å². The standard InChI is InChI=1S/C29H26F2O2/c1-3-19-33-27-18-17-26(28(30)29(27)31)24-11-9-22(10-12-24)20-5-7-21(8-6-20)23-13-15-25(16-14-23)32-4-2/h5-18H,3-4,19H2,1-2H3. The fraction of sp³-hybridized carbons (Fsp3) is 0.172. The Morgan fingerprint density at radius 2 is 1.03 bits per heavy atom. The fourth-order valence-electron chi connectivity index (χ4n) is 3.69. The Balaban J connectivity index is 1.52. The minimum Gasteiger partial charge on any atom is -0.494 e. The fourth-order valence-corrected chi connectivity index (χ4v) is 3.69. The molecule has 4 heteroatoms. The Morgan fingerprint density at radius 1 is 0.545 bits per heavy atom. The summed E-state index contributed by atoms with van der Waals surface area (Å²) in [6.45, 7) is 4.87. The SMILES string of the molecule is CCCOc1ccc(-c2ccc(-c3ccc(-c4ccc(OCC)cc4)cc3)cc2)c(F)c1F. The van der Waals surface area contributed by atoms with E-state index in [9.17, 15) is 8.78 Å². The van der Waals surface area contributed by atoms with Gasteiger partial charge in [0, 0.05) is 5.56 Å². The lowest BCUT2D eigenvalue weighted by Gasteiger charge is -2.11. The van der Waals surface area contributed by atoms with E-state index >= 15 is 0 Å². The average molecular weight is 445 g/mol. The van der Waals surface area contributed by atoms with Crippen molar-refractivity contribution < 1.29 is 18.3 Å². The number of benzene rings is 4. The van der Waals surface area contributed by atoms with Crippen LogP contribution in [0, 0.1) is 11.6 Å². The van der Waals surface area contributed by atoms with Crippen molar-refractivity contribution in [2.75, 3.05) is 13.2 Å². The van der Waals surface area contributed by atoms with E-state index in [1.807, 2.05) is 50.2 Å².